The molecule has 2 aromatic rings. The molecule has 0 spiro atoms. The highest BCUT2D eigenvalue weighted by molar-refractivity contribution is 6.40. The molecule has 0 aromatic heterocycles. The van der Waals surface area contributed by atoms with Crippen molar-refractivity contribution >= 4 is 52.5 Å². The lowest BCUT2D eigenvalue weighted by Crippen LogP contribution is -2.57. The first-order valence-corrected chi connectivity index (χ1v) is 12.1. The minimum atomic E-state index is -5.00. The van der Waals surface area contributed by atoms with Crippen LogP contribution in [0.1, 0.15) is 49.4 Å². The number of carbonyl (C=O) groups excluding carboxylic acids is 2. The molecule has 3 rings (SSSR count). The van der Waals surface area contributed by atoms with Gasteiger partial charge in [0, 0.05) is 12.1 Å². The van der Waals surface area contributed by atoms with Gasteiger partial charge in [0.1, 0.15) is 17.1 Å². The standard InChI is InChI=1S/C24H23Cl2F4N3O5/c1-23(21(35)36,12-5-3-2-4-6-12)33-20(34)15-8-7-13(27)9-18(15)31-22(37)32-19-16(25)10-14(11-17(19)26)38-24(28,29)30/h7-12H,2-6H2,1H3,(H,33,34)(H,35,36)(H2,31,32,37)/t23-/m0/s1. The molecule has 3 amide bonds. The summed E-state index contributed by atoms with van der Waals surface area (Å²) in [6, 6.07) is 3.37. The molecule has 8 nitrogen and oxygen atoms in total. The van der Waals surface area contributed by atoms with Crippen LogP contribution in [0.25, 0.3) is 0 Å². The molecule has 1 aliphatic carbocycles. The number of carbonyl (C=O) groups is 3. The van der Waals surface area contributed by atoms with Crippen molar-refractivity contribution in [3.05, 3.63) is 51.8 Å². The van der Waals surface area contributed by atoms with Gasteiger partial charge in [0.05, 0.1) is 27.0 Å². The van der Waals surface area contributed by atoms with Crippen molar-refractivity contribution in [1.82, 2.24) is 5.32 Å². The first-order chi connectivity index (χ1) is 17.7. The van der Waals surface area contributed by atoms with E-state index in [2.05, 4.69) is 20.7 Å². The summed E-state index contributed by atoms with van der Waals surface area (Å²) in [5.41, 5.74) is -2.41. The molecule has 0 radical (unpaired) electrons. The third kappa shape index (κ3) is 7.19. The number of carboxylic acid groups (broad SMARTS) is 1. The van der Waals surface area contributed by atoms with Crippen molar-refractivity contribution in [3.63, 3.8) is 0 Å². The van der Waals surface area contributed by atoms with E-state index in [4.69, 9.17) is 23.2 Å². The molecule has 1 atom stereocenters. The molecule has 0 aliphatic heterocycles. The van der Waals surface area contributed by atoms with Gasteiger partial charge in [-0.25, -0.2) is 14.0 Å². The number of aliphatic carboxylic acids is 1. The molecular weight excluding hydrogens is 557 g/mol. The predicted octanol–water partition coefficient (Wildman–Crippen LogP) is 6.83. The lowest BCUT2D eigenvalue weighted by atomic mass is 9.75. The first-order valence-electron chi connectivity index (χ1n) is 11.4. The molecule has 0 heterocycles. The van der Waals surface area contributed by atoms with Gasteiger partial charge < -0.3 is 25.8 Å². The summed E-state index contributed by atoms with van der Waals surface area (Å²) >= 11 is 11.9. The molecule has 1 fully saturated rings. The summed E-state index contributed by atoms with van der Waals surface area (Å²) in [6.07, 6.45) is -1.18. The Labute approximate surface area is 224 Å². The van der Waals surface area contributed by atoms with Crippen molar-refractivity contribution < 1.29 is 41.8 Å². The summed E-state index contributed by atoms with van der Waals surface area (Å²) in [5.74, 6) is -3.95. The zero-order valence-electron chi connectivity index (χ0n) is 19.8. The molecule has 0 saturated heterocycles. The number of carboxylic acids is 1. The second kappa shape index (κ2) is 11.6. The topological polar surface area (TPSA) is 117 Å². The normalized spacial score (nSPS) is 15.8. The van der Waals surface area contributed by atoms with E-state index in [0.29, 0.717) is 12.8 Å². The van der Waals surface area contributed by atoms with Crippen LogP contribution in [0.5, 0.6) is 5.75 Å². The van der Waals surface area contributed by atoms with Crippen LogP contribution in [0.3, 0.4) is 0 Å². The summed E-state index contributed by atoms with van der Waals surface area (Å²) in [7, 11) is 0. The number of urea groups is 1. The second-order valence-electron chi connectivity index (χ2n) is 8.88. The van der Waals surface area contributed by atoms with Crippen LogP contribution in [0.2, 0.25) is 10.0 Å². The van der Waals surface area contributed by atoms with Gasteiger partial charge in [0.25, 0.3) is 5.91 Å². The SMILES string of the molecule is C[C@@](NC(=O)c1ccc(F)cc1NC(=O)Nc1c(Cl)cc(OC(F)(F)F)cc1Cl)(C(=O)O)C1CCCCC1. The van der Waals surface area contributed by atoms with Gasteiger partial charge in [-0.1, -0.05) is 42.5 Å². The highest BCUT2D eigenvalue weighted by Crippen LogP contribution is 2.37. The number of benzene rings is 2. The lowest BCUT2D eigenvalue weighted by molar-refractivity contribution is -0.274. The molecule has 1 saturated carbocycles. The minimum absolute atomic E-state index is 0.226. The van der Waals surface area contributed by atoms with Gasteiger partial charge in [-0.2, -0.15) is 0 Å². The van der Waals surface area contributed by atoms with E-state index in [9.17, 15) is 37.1 Å². The van der Waals surface area contributed by atoms with Crippen LogP contribution in [-0.2, 0) is 4.79 Å². The van der Waals surface area contributed by atoms with E-state index in [1.807, 2.05) is 0 Å². The Morgan fingerprint density at radius 1 is 1.00 bits per heavy atom. The largest absolute Gasteiger partial charge is 0.573 e. The molecule has 206 valence electrons. The Bertz CT molecular complexity index is 1220. The average molecular weight is 580 g/mol. The van der Waals surface area contributed by atoms with Gasteiger partial charge in [0.2, 0.25) is 0 Å². The zero-order chi connectivity index (χ0) is 28.3. The number of alkyl halides is 3. The van der Waals surface area contributed by atoms with E-state index in [1.54, 1.807) is 0 Å². The number of hydrogen-bond donors (Lipinski definition) is 4. The van der Waals surface area contributed by atoms with Crippen LogP contribution >= 0.6 is 23.2 Å². The van der Waals surface area contributed by atoms with Crippen molar-refractivity contribution in [2.75, 3.05) is 10.6 Å². The van der Waals surface area contributed by atoms with Crippen LogP contribution in [0.15, 0.2) is 30.3 Å². The van der Waals surface area contributed by atoms with Crippen LogP contribution < -0.4 is 20.7 Å². The molecular formula is C24H23Cl2F4N3O5. The quantitative estimate of drug-likeness (QED) is 0.268. The summed E-state index contributed by atoms with van der Waals surface area (Å²) < 4.78 is 55.1. The number of halogens is 6. The van der Waals surface area contributed by atoms with E-state index in [0.717, 1.165) is 49.6 Å². The highest BCUT2D eigenvalue weighted by atomic mass is 35.5. The van der Waals surface area contributed by atoms with Gasteiger partial charge in [-0.15, -0.1) is 13.2 Å². The number of amides is 3. The summed E-state index contributed by atoms with van der Waals surface area (Å²) in [6.45, 7) is 1.41. The van der Waals surface area contributed by atoms with Gasteiger partial charge in [-0.3, -0.25) is 4.79 Å². The highest BCUT2D eigenvalue weighted by Gasteiger charge is 2.43. The number of ether oxygens (including phenoxy) is 1. The summed E-state index contributed by atoms with van der Waals surface area (Å²) in [4.78, 5) is 37.9. The minimum Gasteiger partial charge on any atom is -0.480 e. The molecule has 0 unspecified atom stereocenters. The Morgan fingerprint density at radius 3 is 2.16 bits per heavy atom. The van der Waals surface area contributed by atoms with Crippen LogP contribution in [0.4, 0.5) is 33.7 Å². The molecule has 2 aromatic carbocycles. The molecule has 14 heteroatoms. The lowest BCUT2D eigenvalue weighted by Gasteiger charge is -2.37. The fourth-order valence-electron chi connectivity index (χ4n) is 4.26. The number of nitrogens with one attached hydrogen (secondary N) is 3. The number of hydrogen-bond acceptors (Lipinski definition) is 4. The van der Waals surface area contributed by atoms with E-state index < -0.39 is 51.4 Å². The second-order valence-corrected chi connectivity index (χ2v) is 9.69. The fraction of sp³-hybridized carbons (Fsp3) is 0.375. The number of anilines is 2. The van der Waals surface area contributed by atoms with E-state index >= 15 is 0 Å². The van der Waals surface area contributed by atoms with Crippen molar-refractivity contribution in [2.24, 2.45) is 5.92 Å². The van der Waals surface area contributed by atoms with Crippen LogP contribution in [-0.4, -0.2) is 34.9 Å². The Balaban J connectivity index is 1.81. The zero-order valence-corrected chi connectivity index (χ0v) is 21.4. The maximum atomic E-state index is 14.0. The van der Waals surface area contributed by atoms with Crippen molar-refractivity contribution in [2.45, 2.75) is 50.9 Å². The maximum Gasteiger partial charge on any atom is 0.573 e. The van der Waals surface area contributed by atoms with Gasteiger partial charge in [0.15, 0.2) is 0 Å². The molecule has 4 N–H and O–H groups in total. The van der Waals surface area contributed by atoms with E-state index in [1.165, 1.54) is 6.92 Å². The Morgan fingerprint density at radius 2 is 1.61 bits per heavy atom. The molecule has 38 heavy (non-hydrogen) atoms. The molecule has 0 bridgehead atoms. The van der Waals surface area contributed by atoms with Gasteiger partial charge in [-0.05, 0) is 43.9 Å². The van der Waals surface area contributed by atoms with E-state index in [-0.39, 0.29) is 22.9 Å². The first kappa shape index (κ1) is 29.3. The summed E-state index contributed by atoms with van der Waals surface area (Å²) in [5, 5.41) is 16.1. The number of rotatable bonds is 7. The fourth-order valence-corrected chi connectivity index (χ4v) is 4.82. The van der Waals surface area contributed by atoms with Gasteiger partial charge >= 0.3 is 18.4 Å². The molecule has 1 aliphatic rings. The monoisotopic (exact) mass is 579 g/mol. The van der Waals surface area contributed by atoms with Crippen molar-refractivity contribution in [1.29, 1.82) is 0 Å². The maximum absolute atomic E-state index is 14.0. The average Bonchev–Trinajstić information content (AvgIpc) is 2.80. The van der Waals surface area contributed by atoms with Crippen LogP contribution in [0, 0.1) is 11.7 Å². The Hall–Kier alpha value is -3.25. The predicted molar refractivity (Wildman–Crippen MR) is 132 cm³/mol. The third-order valence-electron chi connectivity index (χ3n) is 6.20. The smallest absolute Gasteiger partial charge is 0.480 e. The Kier molecular flexibility index (Phi) is 8.98. The third-order valence-corrected chi connectivity index (χ3v) is 6.80. The van der Waals surface area contributed by atoms with Crippen molar-refractivity contribution in [3.8, 4) is 5.75 Å².